The molecule has 0 spiro atoms. The van der Waals surface area contributed by atoms with Gasteiger partial charge in [-0.1, -0.05) is 26.0 Å². The second-order valence-corrected chi connectivity index (χ2v) is 5.41. The second-order valence-electron chi connectivity index (χ2n) is 5.41. The zero-order valence-corrected chi connectivity index (χ0v) is 11.4. The van der Waals surface area contributed by atoms with Crippen molar-refractivity contribution in [1.29, 1.82) is 5.26 Å². The summed E-state index contributed by atoms with van der Waals surface area (Å²) in [4.78, 5) is 10.9. The summed E-state index contributed by atoms with van der Waals surface area (Å²) in [5.74, 6) is -2.34. The normalized spacial score (nSPS) is 15.1. The van der Waals surface area contributed by atoms with Crippen LogP contribution in [-0.4, -0.2) is 28.0 Å². The molecule has 0 aliphatic heterocycles. The fourth-order valence-electron chi connectivity index (χ4n) is 2.03. The van der Waals surface area contributed by atoms with E-state index in [1.807, 2.05) is 6.07 Å². The third-order valence-corrected chi connectivity index (χ3v) is 3.32. The van der Waals surface area contributed by atoms with Crippen molar-refractivity contribution in [3.05, 3.63) is 35.4 Å². The molecule has 0 aromatic heterocycles. The Bertz CT molecular complexity index is 573. The van der Waals surface area contributed by atoms with E-state index in [9.17, 15) is 23.1 Å². The Labute approximate surface area is 119 Å². The number of rotatable bonds is 4. The first kappa shape index (κ1) is 17.0. The van der Waals surface area contributed by atoms with E-state index in [4.69, 9.17) is 10.4 Å². The number of aliphatic hydroxyl groups is 1. The molecule has 1 rings (SSSR count). The van der Waals surface area contributed by atoms with Gasteiger partial charge in [0.2, 0.25) is 0 Å². The average Bonchev–Trinajstić information content (AvgIpc) is 2.36. The standard InChI is InChI=1S/C14H14F3NO3/c1-12(2,10-5-3-9(7-18)4-6-10)8-13(21,11(19)20)14(15,16)17/h3-6,21H,8H2,1-2H3,(H,19,20). The highest BCUT2D eigenvalue weighted by Crippen LogP contribution is 2.41. The molecule has 21 heavy (non-hydrogen) atoms. The quantitative estimate of drug-likeness (QED) is 0.895. The first-order valence-corrected chi connectivity index (χ1v) is 5.97. The molecule has 2 N–H and O–H groups in total. The van der Waals surface area contributed by atoms with Crippen LogP contribution < -0.4 is 0 Å². The fourth-order valence-corrected chi connectivity index (χ4v) is 2.03. The Morgan fingerprint density at radius 3 is 2.05 bits per heavy atom. The van der Waals surface area contributed by atoms with Gasteiger partial charge in [-0.05, 0) is 23.1 Å². The van der Waals surface area contributed by atoms with Gasteiger partial charge in [-0.3, -0.25) is 0 Å². The molecule has 1 unspecified atom stereocenters. The van der Waals surface area contributed by atoms with Crippen molar-refractivity contribution in [1.82, 2.24) is 0 Å². The number of halogens is 3. The number of hydrogen-bond donors (Lipinski definition) is 2. The molecule has 0 radical (unpaired) electrons. The van der Waals surface area contributed by atoms with Gasteiger partial charge in [-0.25, -0.2) is 4.79 Å². The average molecular weight is 301 g/mol. The van der Waals surface area contributed by atoms with Crippen LogP contribution in [0.15, 0.2) is 24.3 Å². The largest absolute Gasteiger partial charge is 0.479 e. The smallest absolute Gasteiger partial charge is 0.428 e. The molecule has 0 amide bonds. The maximum atomic E-state index is 12.8. The third kappa shape index (κ3) is 3.34. The predicted molar refractivity (Wildman–Crippen MR) is 67.4 cm³/mol. The monoisotopic (exact) mass is 301 g/mol. The molecule has 1 aromatic carbocycles. The summed E-state index contributed by atoms with van der Waals surface area (Å²) in [6.45, 7) is 2.79. The van der Waals surface area contributed by atoms with Gasteiger partial charge in [0.15, 0.2) is 0 Å². The number of hydrogen-bond acceptors (Lipinski definition) is 3. The van der Waals surface area contributed by atoms with Crippen LogP contribution in [0, 0.1) is 11.3 Å². The molecule has 0 aliphatic rings. The molecule has 0 saturated heterocycles. The molecular formula is C14H14F3NO3. The number of alkyl halides is 3. The van der Waals surface area contributed by atoms with Gasteiger partial charge in [0.05, 0.1) is 11.6 Å². The number of aliphatic carboxylic acids is 1. The van der Waals surface area contributed by atoms with E-state index >= 15 is 0 Å². The Morgan fingerprint density at radius 1 is 1.24 bits per heavy atom. The molecule has 0 aliphatic carbocycles. The van der Waals surface area contributed by atoms with Crippen molar-refractivity contribution < 1.29 is 28.2 Å². The molecule has 0 fully saturated rings. The summed E-state index contributed by atoms with van der Waals surface area (Å²) >= 11 is 0. The van der Waals surface area contributed by atoms with Crippen molar-refractivity contribution in [2.24, 2.45) is 0 Å². The minimum atomic E-state index is -5.29. The molecule has 114 valence electrons. The van der Waals surface area contributed by atoms with Gasteiger partial charge >= 0.3 is 12.1 Å². The maximum Gasteiger partial charge on any atom is 0.428 e. The van der Waals surface area contributed by atoms with Crippen LogP contribution in [0.3, 0.4) is 0 Å². The number of benzene rings is 1. The van der Waals surface area contributed by atoms with E-state index in [0.29, 0.717) is 11.1 Å². The summed E-state index contributed by atoms with van der Waals surface area (Å²) in [5.41, 5.74) is -4.36. The minimum absolute atomic E-state index is 0.332. The van der Waals surface area contributed by atoms with Crippen molar-refractivity contribution in [3.63, 3.8) is 0 Å². The molecule has 0 saturated carbocycles. The lowest BCUT2D eigenvalue weighted by Gasteiger charge is -2.34. The summed E-state index contributed by atoms with van der Waals surface area (Å²) < 4.78 is 38.5. The Hall–Kier alpha value is -2.07. The van der Waals surface area contributed by atoms with Crippen LogP contribution in [0.1, 0.15) is 31.4 Å². The summed E-state index contributed by atoms with van der Waals surface area (Å²) in [7, 11) is 0. The Morgan fingerprint density at radius 2 is 1.71 bits per heavy atom. The van der Waals surface area contributed by atoms with E-state index in [0.717, 1.165) is 0 Å². The Balaban J connectivity index is 3.18. The molecule has 4 nitrogen and oxygen atoms in total. The number of carboxylic acids is 1. The molecular weight excluding hydrogens is 287 g/mol. The highest BCUT2D eigenvalue weighted by molar-refractivity contribution is 5.78. The molecule has 1 aromatic rings. The van der Waals surface area contributed by atoms with Gasteiger partial charge in [0.1, 0.15) is 0 Å². The van der Waals surface area contributed by atoms with Crippen LogP contribution in [-0.2, 0) is 10.2 Å². The summed E-state index contributed by atoms with van der Waals surface area (Å²) in [6.07, 6.45) is -6.33. The molecule has 0 heterocycles. The third-order valence-electron chi connectivity index (χ3n) is 3.32. The zero-order valence-electron chi connectivity index (χ0n) is 11.4. The van der Waals surface area contributed by atoms with Crippen LogP contribution in [0.2, 0.25) is 0 Å². The summed E-state index contributed by atoms with van der Waals surface area (Å²) in [5, 5.41) is 27.0. The second kappa shape index (κ2) is 5.37. The minimum Gasteiger partial charge on any atom is -0.479 e. The van der Waals surface area contributed by atoms with E-state index < -0.39 is 29.6 Å². The first-order chi connectivity index (χ1) is 9.44. The van der Waals surface area contributed by atoms with Crippen LogP contribution in [0.4, 0.5) is 13.2 Å². The van der Waals surface area contributed by atoms with Crippen LogP contribution >= 0.6 is 0 Å². The zero-order chi connectivity index (χ0) is 16.5. The van der Waals surface area contributed by atoms with Crippen molar-refractivity contribution in [3.8, 4) is 6.07 Å². The van der Waals surface area contributed by atoms with Gasteiger partial charge in [0, 0.05) is 6.42 Å². The van der Waals surface area contributed by atoms with E-state index in [-0.39, 0.29) is 0 Å². The van der Waals surface area contributed by atoms with Crippen molar-refractivity contribution in [2.75, 3.05) is 0 Å². The number of carboxylic acid groups (broad SMARTS) is 1. The molecule has 7 heteroatoms. The first-order valence-electron chi connectivity index (χ1n) is 5.97. The number of carbonyl (C=O) groups is 1. The highest BCUT2D eigenvalue weighted by atomic mass is 19.4. The van der Waals surface area contributed by atoms with Gasteiger partial charge < -0.3 is 10.2 Å². The van der Waals surface area contributed by atoms with Crippen LogP contribution in [0.25, 0.3) is 0 Å². The maximum absolute atomic E-state index is 12.8. The topological polar surface area (TPSA) is 81.3 Å². The lowest BCUT2D eigenvalue weighted by molar-refractivity contribution is -0.265. The highest BCUT2D eigenvalue weighted by Gasteiger charge is 2.61. The Kier molecular flexibility index (Phi) is 4.34. The van der Waals surface area contributed by atoms with Crippen LogP contribution in [0.5, 0.6) is 0 Å². The summed E-state index contributed by atoms with van der Waals surface area (Å²) in [6, 6.07) is 7.60. The van der Waals surface area contributed by atoms with Gasteiger partial charge in [-0.2, -0.15) is 18.4 Å². The predicted octanol–water partition coefficient (Wildman–Crippen LogP) is 2.60. The number of nitriles is 1. The fraction of sp³-hybridized carbons (Fsp3) is 0.429. The van der Waals surface area contributed by atoms with Gasteiger partial charge in [-0.15, -0.1) is 0 Å². The van der Waals surface area contributed by atoms with Gasteiger partial charge in [0.25, 0.3) is 5.60 Å². The lowest BCUT2D eigenvalue weighted by Crippen LogP contribution is -2.55. The van der Waals surface area contributed by atoms with E-state index in [1.165, 1.54) is 38.1 Å². The van der Waals surface area contributed by atoms with E-state index in [1.54, 1.807) is 0 Å². The van der Waals surface area contributed by atoms with Crippen molar-refractivity contribution in [2.45, 2.75) is 37.5 Å². The van der Waals surface area contributed by atoms with Crippen molar-refractivity contribution >= 4 is 5.97 Å². The lowest BCUT2D eigenvalue weighted by atomic mass is 9.75. The molecule has 0 bridgehead atoms. The molecule has 1 atom stereocenters. The number of nitrogens with zero attached hydrogens (tertiary/aromatic N) is 1. The SMILES string of the molecule is CC(C)(CC(O)(C(=O)O)C(F)(F)F)c1ccc(C#N)cc1. The van der Waals surface area contributed by atoms with E-state index in [2.05, 4.69) is 0 Å².